The van der Waals surface area contributed by atoms with E-state index in [1.54, 1.807) is 0 Å². The van der Waals surface area contributed by atoms with Crippen molar-refractivity contribution >= 4 is 0 Å². The molecule has 2 atom stereocenters. The average Bonchev–Trinajstić information content (AvgIpc) is 2.10. The van der Waals surface area contributed by atoms with Gasteiger partial charge in [-0.25, -0.2) is 0 Å². The molecule has 116 valence electrons. The van der Waals surface area contributed by atoms with Gasteiger partial charge in [-0.3, -0.25) is 0 Å². The Kier molecular flexibility index (Phi) is 5.38. The van der Waals surface area contributed by atoms with Gasteiger partial charge in [0.25, 0.3) is 0 Å². The molecule has 0 heterocycles. The third-order valence-corrected chi connectivity index (χ3v) is 5.21. The first kappa shape index (κ1) is 19.0. The fraction of sp³-hybridized carbons (Fsp3) is 1.00. The van der Waals surface area contributed by atoms with Gasteiger partial charge in [-0.05, 0) is 50.4 Å². The first-order valence-corrected chi connectivity index (χ1v) is 7.72. The fourth-order valence-corrected chi connectivity index (χ4v) is 2.94. The minimum absolute atomic E-state index is 0.124. The largest absolute Gasteiger partial charge is 0.369 e. The van der Waals surface area contributed by atoms with Crippen LogP contribution in [0.2, 0.25) is 0 Å². The van der Waals surface area contributed by atoms with E-state index in [0.29, 0.717) is 11.8 Å². The van der Waals surface area contributed by atoms with Crippen molar-refractivity contribution in [3.05, 3.63) is 0 Å². The van der Waals surface area contributed by atoms with Crippen LogP contribution >= 0.6 is 0 Å². The number of hydrogen-bond donors (Lipinski definition) is 0. The second kappa shape index (κ2) is 5.39. The Morgan fingerprint density at radius 3 is 0.895 bits per heavy atom. The molecule has 0 bridgehead atoms. The molecule has 0 amide bonds. The standard InChI is InChI=1S/C18H38O/c1-13(15(3,4)5)17(9,10)19-18(11,12)14(2)16(6,7)8/h13-14H,1-12H3. The van der Waals surface area contributed by atoms with Gasteiger partial charge in [0, 0.05) is 0 Å². The monoisotopic (exact) mass is 270 g/mol. The van der Waals surface area contributed by atoms with Crippen molar-refractivity contribution in [2.75, 3.05) is 0 Å². The maximum atomic E-state index is 6.60. The number of rotatable bonds is 4. The predicted octanol–water partition coefficient (Wildman–Crippen LogP) is 5.92. The van der Waals surface area contributed by atoms with Gasteiger partial charge in [0.05, 0.1) is 11.2 Å². The van der Waals surface area contributed by atoms with Crippen LogP contribution in [0.5, 0.6) is 0 Å². The third-order valence-electron chi connectivity index (χ3n) is 5.21. The molecule has 2 unspecified atom stereocenters. The van der Waals surface area contributed by atoms with Crippen molar-refractivity contribution < 1.29 is 4.74 Å². The lowest BCUT2D eigenvalue weighted by Gasteiger charge is -2.49. The van der Waals surface area contributed by atoms with E-state index in [2.05, 4.69) is 83.1 Å². The Labute approximate surface area is 122 Å². The molecule has 1 heteroatoms. The second-order valence-corrected chi connectivity index (χ2v) is 9.48. The predicted molar refractivity (Wildman–Crippen MR) is 86.5 cm³/mol. The zero-order chi connectivity index (χ0) is 15.9. The van der Waals surface area contributed by atoms with Crippen LogP contribution in [0.4, 0.5) is 0 Å². The van der Waals surface area contributed by atoms with Gasteiger partial charge in [0.15, 0.2) is 0 Å². The topological polar surface area (TPSA) is 9.23 Å². The highest BCUT2D eigenvalue weighted by molar-refractivity contribution is 4.91. The molecular formula is C18H38O. The molecule has 0 rings (SSSR count). The van der Waals surface area contributed by atoms with Crippen LogP contribution in [0.15, 0.2) is 0 Å². The van der Waals surface area contributed by atoms with Gasteiger partial charge in [-0.15, -0.1) is 0 Å². The highest BCUT2D eigenvalue weighted by Gasteiger charge is 2.43. The molecule has 0 aromatic heterocycles. The normalized spacial score (nSPS) is 18.3. The Morgan fingerprint density at radius 1 is 0.526 bits per heavy atom. The van der Waals surface area contributed by atoms with Crippen LogP contribution in [0.1, 0.15) is 83.1 Å². The minimum Gasteiger partial charge on any atom is -0.369 e. The van der Waals surface area contributed by atoms with Crippen molar-refractivity contribution in [3.8, 4) is 0 Å². The van der Waals surface area contributed by atoms with E-state index >= 15 is 0 Å². The highest BCUT2D eigenvalue weighted by atomic mass is 16.5. The van der Waals surface area contributed by atoms with Crippen molar-refractivity contribution in [3.63, 3.8) is 0 Å². The summed E-state index contributed by atoms with van der Waals surface area (Å²) in [7, 11) is 0. The quantitative estimate of drug-likeness (QED) is 0.615. The molecular weight excluding hydrogens is 232 g/mol. The Balaban J connectivity index is 5.11. The van der Waals surface area contributed by atoms with Gasteiger partial charge < -0.3 is 4.74 Å². The van der Waals surface area contributed by atoms with E-state index in [9.17, 15) is 0 Å². The van der Waals surface area contributed by atoms with Crippen LogP contribution in [0, 0.1) is 22.7 Å². The second-order valence-electron chi connectivity index (χ2n) is 9.48. The first-order valence-electron chi connectivity index (χ1n) is 7.72. The number of ether oxygens (including phenoxy) is 1. The maximum absolute atomic E-state index is 6.60. The summed E-state index contributed by atoms with van der Waals surface area (Å²) in [5.41, 5.74) is 0.262. The van der Waals surface area contributed by atoms with Crippen molar-refractivity contribution in [1.29, 1.82) is 0 Å². The average molecular weight is 271 g/mol. The molecule has 0 saturated carbocycles. The summed E-state index contributed by atoms with van der Waals surface area (Å²) >= 11 is 0. The fourth-order valence-electron chi connectivity index (χ4n) is 2.94. The van der Waals surface area contributed by atoms with E-state index in [-0.39, 0.29) is 22.0 Å². The molecule has 0 aliphatic rings. The van der Waals surface area contributed by atoms with Crippen LogP contribution in [-0.2, 0) is 4.74 Å². The molecule has 0 aliphatic carbocycles. The molecule has 0 aromatic carbocycles. The summed E-state index contributed by atoms with van der Waals surface area (Å²) in [5.74, 6) is 0.984. The van der Waals surface area contributed by atoms with E-state index in [1.165, 1.54) is 0 Å². The first-order chi connectivity index (χ1) is 8.02. The van der Waals surface area contributed by atoms with E-state index in [1.807, 2.05) is 0 Å². The summed E-state index contributed by atoms with van der Waals surface area (Å²) in [6, 6.07) is 0. The molecule has 1 nitrogen and oxygen atoms in total. The van der Waals surface area contributed by atoms with Gasteiger partial charge in [0.1, 0.15) is 0 Å². The SMILES string of the molecule is CC(C(C)(C)C)C(C)(C)OC(C)(C)C(C)C(C)(C)C. The van der Waals surface area contributed by atoms with Gasteiger partial charge in [-0.2, -0.15) is 0 Å². The molecule has 0 saturated heterocycles. The van der Waals surface area contributed by atoms with Crippen LogP contribution < -0.4 is 0 Å². The molecule has 0 aromatic rings. The Hall–Kier alpha value is -0.0400. The smallest absolute Gasteiger partial charge is 0.0664 e. The van der Waals surface area contributed by atoms with Gasteiger partial charge in [-0.1, -0.05) is 55.4 Å². The molecule has 0 N–H and O–H groups in total. The van der Waals surface area contributed by atoms with Crippen LogP contribution in [0.3, 0.4) is 0 Å². The summed E-state index contributed by atoms with van der Waals surface area (Å²) in [6.45, 7) is 27.3. The molecule has 0 spiro atoms. The zero-order valence-corrected chi connectivity index (χ0v) is 15.6. The Bertz CT molecular complexity index is 256. The summed E-state index contributed by atoms with van der Waals surface area (Å²) in [6.07, 6.45) is 0. The van der Waals surface area contributed by atoms with Crippen molar-refractivity contribution in [2.45, 2.75) is 94.3 Å². The van der Waals surface area contributed by atoms with Crippen molar-refractivity contribution in [2.24, 2.45) is 22.7 Å². The summed E-state index contributed by atoms with van der Waals surface area (Å²) in [5, 5.41) is 0. The van der Waals surface area contributed by atoms with E-state index in [4.69, 9.17) is 4.74 Å². The van der Waals surface area contributed by atoms with Crippen LogP contribution in [-0.4, -0.2) is 11.2 Å². The van der Waals surface area contributed by atoms with Gasteiger partial charge >= 0.3 is 0 Å². The van der Waals surface area contributed by atoms with Crippen LogP contribution in [0.25, 0.3) is 0 Å². The maximum Gasteiger partial charge on any atom is 0.0664 e. The minimum atomic E-state index is -0.124. The van der Waals surface area contributed by atoms with Crippen molar-refractivity contribution in [1.82, 2.24) is 0 Å². The summed E-state index contributed by atoms with van der Waals surface area (Å²) in [4.78, 5) is 0. The Morgan fingerprint density at radius 2 is 0.737 bits per heavy atom. The molecule has 0 fully saturated rings. The molecule has 0 aliphatic heterocycles. The lowest BCUT2D eigenvalue weighted by molar-refractivity contribution is -0.194. The summed E-state index contributed by atoms with van der Waals surface area (Å²) < 4.78 is 6.60. The lowest BCUT2D eigenvalue weighted by Crippen LogP contribution is -2.50. The lowest BCUT2D eigenvalue weighted by atomic mass is 9.70. The molecule has 0 radical (unpaired) electrons. The third kappa shape index (κ3) is 5.10. The van der Waals surface area contributed by atoms with Gasteiger partial charge in [0.2, 0.25) is 0 Å². The number of hydrogen-bond acceptors (Lipinski definition) is 1. The van der Waals surface area contributed by atoms with E-state index < -0.39 is 0 Å². The highest BCUT2D eigenvalue weighted by Crippen LogP contribution is 2.43. The molecule has 19 heavy (non-hydrogen) atoms. The van der Waals surface area contributed by atoms with E-state index in [0.717, 1.165) is 0 Å². The zero-order valence-electron chi connectivity index (χ0n) is 15.6.